The van der Waals surface area contributed by atoms with Gasteiger partial charge in [-0.05, 0) is 101 Å². The van der Waals surface area contributed by atoms with Crippen LogP contribution in [0.15, 0.2) is 54.6 Å². The van der Waals surface area contributed by atoms with Gasteiger partial charge in [0.15, 0.2) is 23.3 Å². The molecule has 0 N–H and O–H groups in total. The highest BCUT2D eigenvalue weighted by atomic mass is 19.4. The lowest BCUT2D eigenvalue weighted by Crippen LogP contribution is -2.43. The minimum absolute atomic E-state index is 0.188. The van der Waals surface area contributed by atoms with E-state index in [1.807, 2.05) is 32.0 Å². The second-order valence-electron chi connectivity index (χ2n) is 20.7. The minimum Gasteiger partial charge on any atom is -0.388 e. The summed E-state index contributed by atoms with van der Waals surface area (Å²) in [6.45, 7) is 37.8. The van der Waals surface area contributed by atoms with Crippen LogP contribution in [0.2, 0.25) is 0 Å². The van der Waals surface area contributed by atoms with Crippen LogP contribution in [0.4, 0.5) is 35.1 Å². The highest BCUT2D eigenvalue weighted by Gasteiger charge is 2.46. The highest BCUT2D eigenvalue weighted by molar-refractivity contribution is 5.22. The van der Waals surface area contributed by atoms with Gasteiger partial charge in [0.05, 0.1) is 0 Å². The van der Waals surface area contributed by atoms with E-state index >= 15 is 0 Å². The molecule has 0 radical (unpaired) electrons. The number of alkyl halides is 3. The number of unbranched alkanes of at least 4 members (excludes halogenated alkanes) is 6. The van der Waals surface area contributed by atoms with Crippen molar-refractivity contribution in [2.45, 2.75) is 221 Å². The third kappa shape index (κ3) is 48.5. The maximum Gasteiger partial charge on any atom is 0.386 e. The molecule has 3 aromatic rings. The maximum absolute atomic E-state index is 12.4. The van der Waals surface area contributed by atoms with E-state index in [1.165, 1.54) is 68.1 Å². The van der Waals surface area contributed by atoms with Gasteiger partial charge in [0.25, 0.3) is 0 Å². The SMILES string of the molecule is CC.CC(C)(C)C.CC(C)C.CC(F)(F)F.CC1C2CC3CC(C2)CC1C3.CCC.CCCCCCCCC.COC.Cc1c(F)c(F)c(F)c(F)c1F.Cc1ccc(C)cc1.Cc1ccccc1. The number of hydrogen-bond acceptors (Lipinski definition) is 1. The Morgan fingerprint density at radius 1 is 0.507 bits per heavy atom. The Balaban J connectivity index is -0.000000226. The van der Waals surface area contributed by atoms with Crippen molar-refractivity contribution in [1.82, 2.24) is 0 Å². The molecule has 4 aliphatic rings. The lowest BCUT2D eigenvalue weighted by molar-refractivity contribution is -0.110. The van der Waals surface area contributed by atoms with E-state index in [2.05, 4.69) is 145 Å². The van der Waals surface area contributed by atoms with Crippen LogP contribution in [0.3, 0.4) is 0 Å². The topological polar surface area (TPSA) is 9.23 Å². The Kier molecular flexibility index (Phi) is 48.9. The summed E-state index contributed by atoms with van der Waals surface area (Å²) in [6, 6.07) is 18.7. The Morgan fingerprint density at radius 3 is 0.971 bits per heavy atom. The summed E-state index contributed by atoms with van der Waals surface area (Å²) < 4.78 is 96.9. The molecular formula is C60H104F8O. The number of aryl methyl sites for hydroxylation is 3. The van der Waals surface area contributed by atoms with Crippen molar-refractivity contribution in [2.75, 3.05) is 14.2 Å². The van der Waals surface area contributed by atoms with Crippen LogP contribution in [-0.2, 0) is 4.74 Å². The average molecular weight is 993 g/mol. The van der Waals surface area contributed by atoms with E-state index < -0.39 is 40.8 Å². The highest BCUT2D eigenvalue weighted by Crippen LogP contribution is 2.56. The molecule has 0 amide bonds. The summed E-state index contributed by atoms with van der Waals surface area (Å²) in [5, 5.41) is 0. The number of methoxy groups -OCH3 is 1. The first-order valence-electron chi connectivity index (χ1n) is 25.9. The van der Waals surface area contributed by atoms with Gasteiger partial charge in [-0.2, -0.15) is 13.2 Å². The molecule has 0 atom stereocenters. The lowest BCUT2D eigenvalue weighted by atomic mass is 9.52. The number of rotatable bonds is 6. The first kappa shape index (κ1) is 75.0. The van der Waals surface area contributed by atoms with Gasteiger partial charge in [0.1, 0.15) is 0 Å². The van der Waals surface area contributed by atoms with Crippen LogP contribution in [0, 0.1) is 97.7 Å². The van der Waals surface area contributed by atoms with Crippen molar-refractivity contribution >= 4 is 0 Å². The van der Waals surface area contributed by atoms with Gasteiger partial charge in [-0.15, -0.1) is 0 Å². The largest absolute Gasteiger partial charge is 0.388 e. The third-order valence-electron chi connectivity index (χ3n) is 9.99. The predicted molar refractivity (Wildman–Crippen MR) is 286 cm³/mol. The van der Waals surface area contributed by atoms with Gasteiger partial charge >= 0.3 is 6.18 Å². The molecule has 4 bridgehead atoms. The van der Waals surface area contributed by atoms with Crippen LogP contribution in [-0.4, -0.2) is 20.4 Å². The smallest absolute Gasteiger partial charge is 0.386 e. The number of benzene rings is 3. The fourth-order valence-corrected chi connectivity index (χ4v) is 7.11. The molecule has 69 heavy (non-hydrogen) atoms. The molecule has 4 fully saturated rings. The second-order valence-corrected chi connectivity index (χ2v) is 20.7. The van der Waals surface area contributed by atoms with E-state index in [4.69, 9.17) is 0 Å². The minimum atomic E-state index is -4.00. The first-order valence-corrected chi connectivity index (χ1v) is 25.9. The molecule has 406 valence electrons. The van der Waals surface area contributed by atoms with E-state index in [0.29, 0.717) is 5.41 Å². The van der Waals surface area contributed by atoms with Gasteiger partial charge in [-0.3, -0.25) is 0 Å². The van der Waals surface area contributed by atoms with Crippen molar-refractivity contribution in [3.63, 3.8) is 0 Å². The molecule has 0 aliphatic heterocycles. The summed E-state index contributed by atoms with van der Waals surface area (Å²) in [7, 11) is 3.25. The zero-order valence-corrected chi connectivity index (χ0v) is 47.8. The molecule has 7 rings (SSSR count). The average Bonchev–Trinajstić information content (AvgIpc) is 3.25. The van der Waals surface area contributed by atoms with Gasteiger partial charge in [-0.1, -0.05) is 220 Å². The molecule has 9 heteroatoms. The first-order chi connectivity index (χ1) is 31.9. The van der Waals surface area contributed by atoms with Crippen molar-refractivity contribution in [3.05, 3.63) is 106 Å². The number of halogens is 8. The molecule has 4 aliphatic carbocycles. The molecule has 0 saturated heterocycles. The number of hydrogen-bond donors (Lipinski definition) is 0. The number of ether oxygens (including phenoxy) is 1. The van der Waals surface area contributed by atoms with Crippen LogP contribution >= 0.6 is 0 Å². The van der Waals surface area contributed by atoms with Crippen LogP contribution < -0.4 is 0 Å². The molecule has 0 spiro atoms. The molecule has 0 aromatic heterocycles. The molecular weight excluding hydrogens is 889 g/mol. The Bertz CT molecular complexity index is 1370. The van der Waals surface area contributed by atoms with Crippen molar-refractivity contribution in [3.8, 4) is 0 Å². The third-order valence-corrected chi connectivity index (χ3v) is 9.99. The predicted octanol–water partition coefficient (Wildman–Crippen LogP) is 21.8. The van der Waals surface area contributed by atoms with Crippen LogP contribution in [0.5, 0.6) is 0 Å². The maximum atomic E-state index is 12.4. The fourth-order valence-electron chi connectivity index (χ4n) is 7.11. The monoisotopic (exact) mass is 993 g/mol. The van der Waals surface area contributed by atoms with Crippen molar-refractivity contribution in [1.29, 1.82) is 0 Å². The van der Waals surface area contributed by atoms with Gasteiger partial charge in [-0.25, -0.2) is 22.0 Å². The Hall–Kier alpha value is -2.94. The summed E-state index contributed by atoms with van der Waals surface area (Å²) in [6.07, 6.45) is 15.2. The Labute approximate surface area is 420 Å². The standard InChI is InChI=1S/C11H18.C9H20.C8H10.C7H3F5.C7H8.C5H12.C4H10.C3H8.C2H3F3.C2H6O.C2H6/c1-7-10-3-8-2-9(5-10)6-11(7)4-8;1-3-5-7-9-8-6-4-2;1-7-3-5-8(2)6-4-7;1-2-3(8)5(10)7(12)6(11)4(2)9;1-7-5-3-2-4-6-7;1-5(2,3)4;1-4(2)3;1-3-2;1-2(3,4)5;1-3-2;1-2/h7-11H,2-6H2,1H3;3-9H2,1-2H3;3-6H,1-2H3;1H3;2-6H,1H3;1-4H3;4H,1-3H3;3H2,1-2H3;1H3;1-2H3;1-2H3. The zero-order chi connectivity index (χ0) is 54.9. The van der Waals surface area contributed by atoms with Gasteiger partial charge < -0.3 is 4.74 Å². The summed E-state index contributed by atoms with van der Waals surface area (Å²) in [5.41, 5.74) is 3.61. The van der Waals surface area contributed by atoms with Gasteiger partial charge in [0.2, 0.25) is 5.82 Å². The summed E-state index contributed by atoms with van der Waals surface area (Å²) >= 11 is 0. The normalized spacial score (nSPS) is 17.6. The van der Waals surface area contributed by atoms with Crippen molar-refractivity contribution < 1.29 is 39.9 Å². The second kappa shape index (κ2) is 45.0. The quantitative estimate of drug-likeness (QED) is 0.103. The van der Waals surface area contributed by atoms with E-state index in [9.17, 15) is 35.1 Å². The van der Waals surface area contributed by atoms with Gasteiger partial charge in [0, 0.05) is 26.7 Å². The molecule has 3 aromatic carbocycles. The van der Waals surface area contributed by atoms with Crippen LogP contribution in [0.1, 0.15) is 210 Å². The molecule has 1 nitrogen and oxygen atoms in total. The molecule has 0 unspecified atom stereocenters. The summed E-state index contributed by atoms with van der Waals surface area (Å²) in [5.74, 6) is -2.99. The Morgan fingerprint density at radius 2 is 0.739 bits per heavy atom. The van der Waals surface area contributed by atoms with Crippen molar-refractivity contribution in [2.24, 2.45) is 40.9 Å². The molecule has 4 saturated carbocycles. The van der Waals surface area contributed by atoms with E-state index in [0.717, 1.165) is 42.4 Å². The fraction of sp³-hybridized carbons (Fsp3) is 0.700. The van der Waals surface area contributed by atoms with E-state index in [1.54, 1.807) is 46.3 Å². The zero-order valence-electron chi connectivity index (χ0n) is 47.8. The van der Waals surface area contributed by atoms with Crippen LogP contribution in [0.25, 0.3) is 0 Å². The molecule has 0 heterocycles. The lowest BCUT2D eigenvalue weighted by Gasteiger charge is -2.53. The summed E-state index contributed by atoms with van der Waals surface area (Å²) in [4.78, 5) is 0. The van der Waals surface area contributed by atoms with E-state index in [-0.39, 0.29) is 6.92 Å².